The molecule has 0 saturated heterocycles. The highest BCUT2D eigenvalue weighted by Gasteiger charge is 2.23. The Morgan fingerprint density at radius 1 is 1.41 bits per heavy atom. The van der Waals surface area contributed by atoms with Gasteiger partial charge < -0.3 is 0 Å². The van der Waals surface area contributed by atoms with Gasteiger partial charge in [0.25, 0.3) is 5.91 Å². The summed E-state index contributed by atoms with van der Waals surface area (Å²) in [6.07, 6.45) is 3.90. The van der Waals surface area contributed by atoms with Gasteiger partial charge in [-0.1, -0.05) is 0 Å². The van der Waals surface area contributed by atoms with Crippen LogP contribution in [0.4, 0.5) is 0 Å². The average Bonchev–Trinajstić information content (AvgIpc) is 2.61. The van der Waals surface area contributed by atoms with E-state index in [9.17, 15) is 13.2 Å². The maximum Gasteiger partial charge on any atom is 0.270 e. The molecule has 0 aliphatic heterocycles. The summed E-state index contributed by atoms with van der Waals surface area (Å²) in [6, 6.07) is 0. The highest BCUT2D eigenvalue weighted by atomic mass is 32.2. The zero-order chi connectivity index (χ0) is 13.4. The van der Waals surface area contributed by atoms with Crippen LogP contribution in [0, 0.1) is 0 Å². The summed E-state index contributed by atoms with van der Waals surface area (Å²) in [5, 5.41) is 4.05. The van der Waals surface area contributed by atoms with Crippen LogP contribution < -0.4 is 0 Å². The number of rotatable bonds is 2. The van der Waals surface area contributed by atoms with E-state index in [-0.39, 0.29) is 11.1 Å². The van der Waals surface area contributed by atoms with Crippen LogP contribution in [0.3, 0.4) is 0 Å². The minimum atomic E-state index is -3.53. The molecule has 1 rings (SSSR count). The molecule has 1 amide bonds. The fraction of sp³-hybridized carbons (Fsp3) is 0.600. The van der Waals surface area contributed by atoms with Gasteiger partial charge in [-0.2, -0.15) is 5.10 Å². The fourth-order valence-corrected chi connectivity index (χ4v) is 1.54. The van der Waals surface area contributed by atoms with Crippen molar-refractivity contribution in [2.75, 3.05) is 13.3 Å². The Balaban J connectivity index is 3.04. The first-order valence-electron chi connectivity index (χ1n) is 5.07. The molecule has 6 nitrogen and oxygen atoms in total. The van der Waals surface area contributed by atoms with Gasteiger partial charge in [-0.25, -0.2) is 12.7 Å². The number of carbonyl (C=O) groups excluding carboxylic acids is 1. The number of nitrogens with zero attached hydrogens (tertiary/aromatic N) is 3. The smallest absolute Gasteiger partial charge is 0.268 e. The number of hydrogen-bond donors (Lipinski definition) is 0. The maximum atomic E-state index is 11.8. The number of hydrogen-bond acceptors (Lipinski definition) is 4. The van der Waals surface area contributed by atoms with Crippen LogP contribution in [0.15, 0.2) is 12.4 Å². The van der Waals surface area contributed by atoms with E-state index in [2.05, 4.69) is 5.10 Å². The van der Waals surface area contributed by atoms with Crippen molar-refractivity contribution < 1.29 is 13.2 Å². The Hall–Kier alpha value is -1.37. The SMILES string of the molecule is CN(C(=O)c1cnn(C(C)(C)C)c1)S(C)(=O)=O. The highest BCUT2D eigenvalue weighted by Crippen LogP contribution is 2.14. The topological polar surface area (TPSA) is 72.3 Å². The fourth-order valence-electron chi connectivity index (χ4n) is 1.13. The quantitative estimate of drug-likeness (QED) is 0.782. The number of amides is 1. The largest absolute Gasteiger partial charge is 0.270 e. The normalized spacial score (nSPS) is 12.5. The summed E-state index contributed by atoms with van der Waals surface area (Å²) in [5.74, 6) is -0.581. The molecule has 0 unspecified atom stereocenters. The van der Waals surface area contributed by atoms with Gasteiger partial charge in [0.2, 0.25) is 10.0 Å². The Morgan fingerprint density at radius 2 is 1.94 bits per heavy atom. The van der Waals surface area contributed by atoms with E-state index in [1.54, 1.807) is 10.9 Å². The van der Waals surface area contributed by atoms with Crippen molar-refractivity contribution in [3.05, 3.63) is 18.0 Å². The zero-order valence-corrected chi connectivity index (χ0v) is 11.4. The second-order valence-corrected chi connectivity index (χ2v) is 6.89. The molecular formula is C10H17N3O3S. The van der Waals surface area contributed by atoms with Crippen molar-refractivity contribution in [1.82, 2.24) is 14.1 Å². The first-order valence-corrected chi connectivity index (χ1v) is 6.91. The molecule has 1 aromatic rings. The van der Waals surface area contributed by atoms with E-state index < -0.39 is 15.9 Å². The molecule has 0 aromatic carbocycles. The third-order valence-corrected chi connectivity index (χ3v) is 3.46. The summed E-state index contributed by atoms with van der Waals surface area (Å²) in [7, 11) is -2.30. The first kappa shape index (κ1) is 13.7. The van der Waals surface area contributed by atoms with E-state index in [4.69, 9.17) is 0 Å². The minimum Gasteiger partial charge on any atom is -0.268 e. The molecule has 0 N–H and O–H groups in total. The third-order valence-electron chi connectivity index (χ3n) is 2.30. The minimum absolute atomic E-state index is 0.248. The van der Waals surface area contributed by atoms with Crippen molar-refractivity contribution >= 4 is 15.9 Å². The van der Waals surface area contributed by atoms with Crippen LogP contribution >= 0.6 is 0 Å². The van der Waals surface area contributed by atoms with Crippen molar-refractivity contribution in [2.45, 2.75) is 26.3 Å². The van der Waals surface area contributed by atoms with Gasteiger partial charge in [0, 0.05) is 13.2 Å². The van der Waals surface area contributed by atoms with Crippen molar-refractivity contribution in [3.63, 3.8) is 0 Å². The third kappa shape index (κ3) is 3.06. The second kappa shape index (κ2) is 4.14. The lowest BCUT2D eigenvalue weighted by Gasteiger charge is -2.18. The molecule has 96 valence electrons. The first-order chi connectivity index (χ1) is 7.53. The number of sulfonamides is 1. The molecule has 1 aromatic heterocycles. The Labute approximate surface area is 101 Å². The van der Waals surface area contributed by atoms with Crippen LogP contribution in [-0.4, -0.2) is 41.7 Å². The maximum absolute atomic E-state index is 11.8. The molecule has 0 atom stereocenters. The van der Waals surface area contributed by atoms with Crippen molar-refractivity contribution in [1.29, 1.82) is 0 Å². The van der Waals surface area contributed by atoms with Crippen molar-refractivity contribution in [3.8, 4) is 0 Å². The van der Waals surface area contributed by atoms with Gasteiger partial charge in [0.1, 0.15) is 0 Å². The van der Waals surface area contributed by atoms with E-state index >= 15 is 0 Å². The van der Waals surface area contributed by atoms with Gasteiger partial charge in [0.05, 0.1) is 23.6 Å². The Kier molecular flexibility index (Phi) is 3.33. The van der Waals surface area contributed by atoms with E-state index in [1.807, 2.05) is 20.8 Å². The van der Waals surface area contributed by atoms with Gasteiger partial charge in [-0.3, -0.25) is 9.48 Å². The van der Waals surface area contributed by atoms with Crippen molar-refractivity contribution in [2.24, 2.45) is 0 Å². The van der Waals surface area contributed by atoms with Gasteiger partial charge >= 0.3 is 0 Å². The van der Waals surface area contributed by atoms with Crippen LogP contribution in [0.2, 0.25) is 0 Å². The van der Waals surface area contributed by atoms with Crippen LogP contribution in [0.25, 0.3) is 0 Å². The van der Waals surface area contributed by atoms with Crippen LogP contribution in [-0.2, 0) is 15.6 Å². The molecule has 7 heteroatoms. The molecule has 0 radical (unpaired) electrons. The predicted molar refractivity (Wildman–Crippen MR) is 64.2 cm³/mol. The van der Waals surface area contributed by atoms with Gasteiger partial charge in [-0.15, -0.1) is 0 Å². The lowest BCUT2D eigenvalue weighted by atomic mass is 10.1. The predicted octanol–water partition coefficient (Wildman–Crippen LogP) is 0.670. The lowest BCUT2D eigenvalue weighted by molar-refractivity contribution is 0.0883. The number of carbonyl (C=O) groups is 1. The van der Waals surface area contributed by atoms with E-state index in [1.165, 1.54) is 13.2 Å². The zero-order valence-electron chi connectivity index (χ0n) is 10.6. The van der Waals surface area contributed by atoms with Crippen LogP contribution in [0.1, 0.15) is 31.1 Å². The summed E-state index contributed by atoms with van der Waals surface area (Å²) >= 11 is 0. The molecule has 0 aliphatic rings. The molecule has 0 aliphatic carbocycles. The average molecular weight is 259 g/mol. The van der Waals surface area contributed by atoms with Crippen LogP contribution in [0.5, 0.6) is 0 Å². The van der Waals surface area contributed by atoms with Gasteiger partial charge in [-0.05, 0) is 20.8 Å². The second-order valence-electron chi connectivity index (χ2n) is 4.88. The summed E-state index contributed by atoms with van der Waals surface area (Å²) < 4.78 is 24.8. The standard InChI is InChI=1S/C10H17N3O3S/c1-10(2,3)13-7-8(6-11-13)9(14)12(4)17(5,15)16/h6-7H,1-5H3. The molecule has 0 saturated carbocycles. The molecule has 17 heavy (non-hydrogen) atoms. The van der Waals surface area contributed by atoms with E-state index in [0.717, 1.165) is 6.26 Å². The molecule has 0 fully saturated rings. The summed E-state index contributed by atoms with van der Waals surface area (Å²) in [5.41, 5.74) is 0.00944. The molecule has 0 bridgehead atoms. The summed E-state index contributed by atoms with van der Waals surface area (Å²) in [4.78, 5) is 11.8. The Morgan fingerprint density at radius 3 is 2.29 bits per heavy atom. The summed E-state index contributed by atoms with van der Waals surface area (Å²) in [6.45, 7) is 5.82. The van der Waals surface area contributed by atoms with Gasteiger partial charge in [0.15, 0.2) is 0 Å². The lowest BCUT2D eigenvalue weighted by Crippen LogP contribution is -2.32. The highest BCUT2D eigenvalue weighted by molar-refractivity contribution is 7.88. The molecule has 1 heterocycles. The molecular weight excluding hydrogens is 242 g/mol. The monoisotopic (exact) mass is 259 g/mol. The number of aromatic nitrogens is 2. The van der Waals surface area contributed by atoms with E-state index in [0.29, 0.717) is 4.31 Å². The Bertz CT molecular complexity index is 525. The molecule has 0 spiro atoms.